The summed E-state index contributed by atoms with van der Waals surface area (Å²) in [5.41, 5.74) is 1.91. The molecule has 4 N–H and O–H groups in total. The molecule has 1 heterocycles. The largest absolute Gasteiger partial charge is 0.459 e. The number of benzene rings is 1. The normalized spacial score (nSPS) is 10.0. The van der Waals surface area contributed by atoms with Gasteiger partial charge in [0.15, 0.2) is 5.76 Å². The number of hydrogen-bond donors (Lipinski definition) is 4. The molecule has 0 bridgehead atoms. The number of hydrogen-bond acceptors (Lipinski definition) is 4. The smallest absolute Gasteiger partial charge is 0.319 e. The molecular formula is C17H20N4O4. The molecule has 0 spiro atoms. The molecular weight excluding hydrogens is 324 g/mol. The number of rotatable bonds is 6. The van der Waals surface area contributed by atoms with Crippen LogP contribution >= 0.6 is 0 Å². The predicted octanol–water partition coefficient (Wildman–Crippen LogP) is 2.10. The maximum absolute atomic E-state index is 12.0. The summed E-state index contributed by atoms with van der Waals surface area (Å²) in [5, 5.41) is 10.4. The fourth-order valence-corrected chi connectivity index (χ4v) is 2.07. The lowest BCUT2D eigenvalue weighted by atomic mass is 10.1. The summed E-state index contributed by atoms with van der Waals surface area (Å²) in [5.74, 6) is -0.398. The second-order valence-electron chi connectivity index (χ2n) is 5.22. The number of carbonyl (C=O) groups is 3. The summed E-state index contributed by atoms with van der Waals surface area (Å²) in [6.07, 6.45) is 1.42. The van der Waals surface area contributed by atoms with Crippen molar-refractivity contribution in [3.05, 3.63) is 47.9 Å². The lowest BCUT2D eigenvalue weighted by molar-refractivity contribution is -0.119. The van der Waals surface area contributed by atoms with Crippen LogP contribution in [0.5, 0.6) is 0 Å². The third-order valence-corrected chi connectivity index (χ3v) is 3.26. The van der Waals surface area contributed by atoms with Crippen LogP contribution < -0.4 is 21.3 Å². The second kappa shape index (κ2) is 8.53. The van der Waals surface area contributed by atoms with Gasteiger partial charge in [0.05, 0.1) is 12.8 Å². The van der Waals surface area contributed by atoms with Crippen molar-refractivity contribution in [2.75, 3.05) is 23.7 Å². The average molecular weight is 344 g/mol. The Kier molecular flexibility index (Phi) is 6.16. The minimum Gasteiger partial charge on any atom is -0.459 e. The maximum atomic E-state index is 12.0. The number of amides is 4. The molecule has 0 saturated carbocycles. The van der Waals surface area contributed by atoms with E-state index in [9.17, 15) is 14.4 Å². The van der Waals surface area contributed by atoms with Crippen LogP contribution in [0.15, 0.2) is 41.0 Å². The number of nitrogens with one attached hydrogen (secondary N) is 4. The lowest BCUT2D eigenvalue weighted by Crippen LogP contribution is -2.38. The highest BCUT2D eigenvalue weighted by molar-refractivity contribution is 6.03. The van der Waals surface area contributed by atoms with Gasteiger partial charge in [-0.3, -0.25) is 9.59 Å². The minimum atomic E-state index is -0.488. The molecule has 0 unspecified atom stereocenters. The van der Waals surface area contributed by atoms with Crippen LogP contribution in [0.1, 0.15) is 23.0 Å². The average Bonchev–Trinajstić information content (AvgIpc) is 3.10. The molecule has 0 saturated heterocycles. The predicted molar refractivity (Wildman–Crippen MR) is 93.5 cm³/mol. The van der Waals surface area contributed by atoms with E-state index in [1.165, 1.54) is 6.26 Å². The summed E-state index contributed by atoms with van der Waals surface area (Å²) in [4.78, 5) is 35.0. The molecule has 0 radical (unpaired) electrons. The molecule has 0 aliphatic rings. The fourth-order valence-electron chi connectivity index (χ4n) is 2.07. The summed E-state index contributed by atoms with van der Waals surface area (Å²) < 4.78 is 5.04. The SMILES string of the molecule is CCNC(=O)CNC(=O)Nc1ccc(NC(=O)c2ccco2)c(C)c1. The Morgan fingerprint density at radius 1 is 1.08 bits per heavy atom. The highest BCUT2D eigenvalue weighted by Crippen LogP contribution is 2.20. The first kappa shape index (κ1) is 18.1. The molecule has 4 amide bonds. The molecule has 25 heavy (non-hydrogen) atoms. The van der Waals surface area contributed by atoms with Crippen molar-refractivity contribution in [2.24, 2.45) is 0 Å². The van der Waals surface area contributed by atoms with Crippen LogP contribution in [0.4, 0.5) is 16.2 Å². The Morgan fingerprint density at radius 2 is 1.88 bits per heavy atom. The summed E-state index contributed by atoms with van der Waals surface area (Å²) >= 11 is 0. The molecule has 132 valence electrons. The molecule has 8 nitrogen and oxygen atoms in total. The highest BCUT2D eigenvalue weighted by Gasteiger charge is 2.11. The van der Waals surface area contributed by atoms with Gasteiger partial charge in [0.1, 0.15) is 0 Å². The van der Waals surface area contributed by atoms with E-state index < -0.39 is 6.03 Å². The van der Waals surface area contributed by atoms with Crippen molar-refractivity contribution in [2.45, 2.75) is 13.8 Å². The van der Waals surface area contributed by atoms with Gasteiger partial charge in [-0.05, 0) is 49.7 Å². The van der Waals surface area contributed by atoms with Crippen molar-refractivity contribution in [1.82, 2.24) is 10.6 Å². The lowest BCUT2D eigenvalue weighted by Gasteiger charge is -2.11. The van der Waals surface area contributed by atoms with Gasteiger partial charge in [-0.1, -0.05) is 0 Å². The van der Waals surface area contributed by atoms with E-state index in [4.69, 9.17) is 4.42 Å². The summed E-state index contributed by atoms with van der Waals surface area (Å²) in [6.45, 7) is 4.00. The zero-order chi connectivity index (χ0) is 18.2. The summed E-state index contributed by atoms with van der Waals surface area (Å²) in [6, 6.07) is 7.75. The molecule has 0 aliphatic heterocycles. The van der Waals surface area contributed by atoms with Gasteiger partial charge in [0, 0.05) is 17.9 Å². The molecule has 2 aromatic rings. The Balaban J connectivity index is 1.91. The van der Waals surface area contributed by atoms with Crippen molar-refractivity contribution >= 4 is 29.2 Å². The van der Waals surface area contributed by atoms with Crippen LogP contribution in [0.25, 0.3) is 0 Å². The van der Waals surface area contributed by atoms with Crippen molar-refractivity contribution < 1.29 is 18.8 Å². The Hall–Kier alpha value is -3.29. The van der Waals surface area contributed by atoms with Gasteiger partial charge in [0.2, 0.25) is 5.91 Å². The van der Waals surface area contributed by atoms with E-state index >= 15 is 0 Å². The van der Waals surface area contributed by atoms with Crippen molar-refractivity contribution in [3.63, 3.8) is 0 Å². The molecule has 1 aromatic heterocycles. The highest BCUT2D eigenvalue weighted by atomic mass is 16.3. The van der Waals surface area contributed by atoms with Gasteiger partial charge in [-0.25, -0.2) is 4.79 Å². The van der Waals surface area contributed by atoms with Gasteiger partial charge in [0.25, 0.3) is 5.91 Å². The monoisotopic (exact) mass is 344 g/mol. The van der Waals surface area contributed by atoms with Gasteiger partial charge < -0.3 is 25.7 Å². The minimum absolute atomic E-state index is 0.101. The number of aryl methyl sites for hydroxylation is 1. The number of urea groups is 1. The Morgan fingerprint density at radius 3 is 2.52 bits per heavy atom. The molecule has 0 aliphatic carbocycles. The zero-order valence-electron chi connectivity index (χ0n) is 14.0. The van der Waals surface area contributed by atoms with Crippen LogP contribution in [0.3, 0.4) is 0 Å². The topological polar surface area (TPSA) is 112 Å². The van der Waals surface area contributed by atoms with Crippen LogP contribution in [-0.4, -0.2) is 30.9 Å². The van der Waals surface area contributed by atoms with E-state index in [1.54, 1.807) is 44.2 Å². The van der Waals surface area contributed by atoms with Gasteiger partial charge in [-0.15, -0.1) is 0 Å². The Labute approximate surface area is 145 Å². The van der Waals surface area contributed by atoms with Gasteiger partial charge >= 0.3 is 6.03 Å². The van der Waals surface area contributed by atoms with E-state index in [2.05, 4.69) is 21.3 Å². The maximum Gasteiger partial charge on any atom is 0.319 e. The second-order valence-corrected chi connectivity index (χ2v) is 5.22. The zero-order valence-corrected chi connectivity index (χ0v) is 14.0. The first-order valence-corrected chi connectivity index (χ1v) is 7.76. The van der Waals surface area contributed by atoms with E-state index in [0.717, 1.165) is 5.56 Å². The molecule has 0 fully saturated rings. The molecule has 8 heteroatoms. The van der Waals surface area contributed by atoms with E-state index in [0.29, 0.717) is 17.9 Å². The Bertz CT molecular complexity index is 756. The van der Waals surface area contributed by atoms with Gasteiger partial charge in [-0.2, -0.15) is 0 Å². The molecule has 1 aromatic carbocycles. The van der Waals surface area contributed by atoms with Crippen LogP contribution in [0.2, 0.25) is 0 Å². The standard InChI is InChI=1S/C17H20N4O4/c1-3-18-15(22)10-19-17(24)20-12-6-7-13(11(2)9-12)21-16(23)14-5-4-8-25-14/h4-9H,3,10H2,1-2H3,(H,18,22)(H,21,23)(H2,19,20,24). The third kappa shape index (κ3) is 5.38. The summed E-state index contributed by atoms with van der Waals surface area (Å²) in [7, 11) is 0. The van der Waals surface area contributed by atoms with Crippen LogP contribution in [-0.2, 0) is 4.79 Å². The number of furan rings is 1. The number of anilines is 2. The van der Waals surface area contributed by atoms with Crippen LogP contribution in [0, 0.1) is 6.92 Å². The number of carbonyl (C=O) groups excluding carboxylic acids is 3. The number of likely N-dealkylation sites (N-methyl/N-ethyl adjacent to an activating group) is 1. The van der Waals surface area contributed by atoms with Crippen molar-refractivity contribution in [1.29, 1.82) is 0 Å². The van der Waals surface area contributed by atoms with E-state index in [-0.39, 0.29) is 24.1 Å². The van der Waals surface area contributed by atoms with Crippen molar-refractivity contribution in [3.8, 4) is 0 Å². The quantitative estimate of drug-likeness (QED) is 0.643. The first-order chi connectivity index (χ1) is 12.0. The fraction of sp³-hybridized carbons (Fsp3) is 0.235. The third-order valence-electron chi connectivity index (χ3n) is 3.26. The molecule has 2 rings (SSSR count). The first-order valence-electron chi connectivity index (χ1n) is 7.76. The molecule has 0 atom stereocenters. The van der Waals surface area contributed by atoms with E-state index in [1.807, 2.05) is 0 Å².